The highest BCUT2D eigenvalue weighted by Crippen LogP contribution is 2.66. The molecule has 284 valence electrons. The van der Waals surface area contributed by atoms with Gasteiger partial charge in [-0.3, -0.25) is 0 Å². The molecule has 1 fully saturated rings. The lowest BCUT2D eigenvalue weighted by Crippen LogP contribution is -2.64. The van der Waals surface area contributed by atoms with Gasteiger partial charge in [0.2, 0.25) is 0 Å². The van der Waals surface area contributed by atoms with Gasteiger partial charge in [0, 0.05) is 55.6 Å². The van der Waals surface area contributed by atoms with Gasteiger partial charge < -0.3 is 14.4 Å². The summed E-state index contributed by atoms with van der Waals surface area (Å²) in [4.78, 5) is 5.71. The van der Waals surface area contributed by atoms with Gasteiger partial charge in [0.25, 0.3) is 6.71 Å². The normalized spacial score (nSPS) is 26.3. The molecule has 59 heavy (non-hydrogen) atoms. The molecule has 0 amide bonds. The third kappa shape index (κ3) is 3.53. The molecular weight excluding hydrogens is 713 g/mol. The van der Waals surface area contributed by atoms with Crippen molar-refractivity contribution in [3.63, 3.8) is 0 Å². The molecule has 0 radical (unpaired) electrons. The van der Waals surface area contributed by atoms with Crippen LogP contribution in [0.25, 0.3) is 27.5 Å². The van der Waals surface area contributed by atoms with Crippen molar-refractivity contribution in [2.45, 2.75) is 81.2 Å². The summed E-state index contributed by atoms with van der Waals surface area (Å²) in [6, 6.07) is 59.2. The first-order chi connectivity index (χ1) is 28.9. The monoisotopic (exact) mass is 759 g/mol. The lowest BCUT2D eigenvalue weighted by molar-refractivity contribution is 0.215. The van der Waals surface area contributed by atoms with Crippen LogP contribution in [0.1, 0.15) is 80.7 Å². The zero-order chi connectivity index (χ0) is 39.0. The topological polar surface area (TPSA) is 11.4 Å². The summed E-state index contributed by atoms with van der Waals surface area (Å²) in [5.74, 6) is 0. The fourth-order valence-electron chi connectivity index (χ4n) is 14.5. The Morgan fingerprint density at radius 2 is 1.24 bits per heavy atom. The summed E-state index contributed by atoms with van der Waals surface area (Å²) < 4.78 is 2.66. The molecular formula is C55H46BN3. The van der Waals surface area contributed by atoms with E-state index in [1.807, 2.05) is 0 Å². The molecule has 7 aromatic carbocycles. The van der Waals surface area contributed by atoms with E-state index in [4.69, 9.17) is 0 Å². The molecule has 14 rings (SSSR count). The van der Waals surface area contributed by atoms with Gasteiger partial charge in [-0.2, -0.15) is 0 Å². The van der Waals surface area contributed by atoms with Crippen molar-refractivity contribution in [1.82, 2.24) is 4.57 Å². The number of anilines is 4. The molecule has 8 aromatic rings. The van der Waals surface area contributed by atoms with E-state index in [-0.39, 0.29) is 28.6 Å². The number of hydrogen-bond donors (Lipinski definition) is 0. The van der Waals surface area contributed by atoms with Gasteiger partial charge in [0.15, 0.2) is 0 Å². The van der Waals surface area contributed by atoms with Crippen LogP contribution >= 0.6 is 0 Å². The molecule has 1 aromatic heterocycles. The molecule has 1 saturated carbocycles. The first-order valence-corrected chi connectivity index (χ1v) is 22.1. The molecule has 0 saturated heterocycles. The number of para-hydroxylation sites is 4. The second-order valence-electron chi connectivity index (χ2n) is 19.2. The quantitative estimate of drug-likeness (QED) is 0.163. The van der Waals surface area contributed by atoms with Crippen LogP contribution in [0.2, 0.25) is 0 Å². The van der Waals surface area contributed by atoms with E-state index >= 15 is 0 Å². The van der Waals surface area contributed by atoms with E-state index in [0.717, 1.165) is 25.7 Å². The average Bonchev–Trinajstić information content (AvgIpc) is 3.83. The standard InChI is InChI=1S/C55H46BN3/c1-52-32-29-35-17-7-9-22-40(35)54(52,3)58(46-28-12-10-23-41(46)52)37-33-47-49-48(34-37)59-51-42(55(36-18-5-4-6-19-36)31-14-13-30-53(55,59)2)24-16-26-44(51)56(49)43-25-15-21-39-38-20-8-11-27-45(38)57(47)50(39)43/h4-12,15-28,33-34H,13-14,29-32H2,1-3H3. The highest BCUT2D eigenvalue weighted by Gasteiger charge is 2.65. The summed E-state index contributed by atoms with van der Waals surface area (Å²) in [6.45, 7) is 7.87. The molecule has 0 spiro atoms. The number of hydrogen-bond acceptors (Lipinski definition) is 2. The first kappa shape index (κ1) is 32.9. The van der Waals surface area contributed by atoms with Crippen molar-refractivity contribution < 1.29 is 0 Å². The van der Waals surface area contributed by atoms with Gasteiger partial charge in [-0.05, 0) is 108 Å². The van der Waals surface area contributed by atoms with Crippen molar-refractivity contribution in [1.29, 1.82) is 0 Å². The smallest absolute Gasteiger partial charge is 0.252 e. The van der Waals surface area contributed by atoms with E-state index in [2.05, 4.69) is 187 Å². The van der Waals surface area contributed by atoms with E-state index in [1.165, 1.54) is 107 Å². The molecule has 4 atom stereocenters. The largest absolute Gasteiger partial charge is 0.335 e. The Kier molecular flexibility index (Phi) is 6.01. The molecule has 0 N–H and O–H groups in total. The van der Waals surface area contributed by atoms with E-state index in [9.17, 15) is 0 Å². The molecule has 4 unspecified atom stereocenters. The minimum Gasteiger partial charge on any atom is -0.335 e. The SMILES string of the molecule is CC12CCc3ccccc3C1(C)N(c1cc3c4c(c1)-n1c5ccccc5c5cccc(c51)B4c1cccc4c1N3C1(C)CCCCC41c1ccccc1)c1ccccc12. The van der Waals surface area contributed by atoms with Crippen LogP contribution in [0.3, 0.4) is 0 Å². The van der Waals surface area contributed by atoms with Crippen LogP contribution < -0.4 is 26.2 Å². The Balaban J connectivity index is 1.15. The fourth-order valence-corrected chi connectivity index (χ4v) is 14.5. The van der Waals surface area contributed by atoms with Gasteiger partial charge in [0.05, 0.1) is 16.6 Å². The number of rotatable bonds is 2. The Morgan fingerprint density at radius 1 is 0.542 bits per heavy atom. The maximum absolute atomic E-state index is 2.91. The molecule has 5 heterocycles. The first-order valence-electron chi connectivity index (χ1n) is 22.1. The maximum atomic E-state index is 2.91. The van der Waals surface area contributed by atoms with Crippen LogP contribution in [0.5, 0.6) is 0 Å². The number of aryl methyl sites for hydroxylation is 1. The lowest BCUT2D eigenvalue weighted by Gasteiger charge is -2.54. The predicted molar refractivity (Wildman–Crippen MR) is 246 cm³/mol. The van der Waals surface area contributed by atoms with Gasteiger partial charge in [-0.1, -0.05) is 147 Å². The van der Waals surface area contributed by atoms with Crippen LogP contribution in [-0.4, -0.2) is 16.8 Å². The Labute approximate surface area is 347 Å². The Morgan fingerprint density at radius 3 is 2.14 bits per heavy atom. The third-order valence-corrected chi connectivity index (χ3v) is 17.1. The third-order valence-electron chi connectivity index (χ3n) is 17.1. The highest BCUT2D eigenvalue weighted by molar-refractivity contribution is 7.00. The number of nitrogens with zero attached hydrogens (tertiary/aromatic N) is 3. The molecule has 4 heteroatoms. The maximum Gasteiger partial charge on any atom is 0.252 e. The van der Waals surface area contributed by atoms with Crippen LogP contribution in [0, 0.1) is 0 Å². The number of fused-ring (bicyclic) bond motifs is 15. The van der Waals surface area contributed by atoms with Crippen molar-refractivity contribution in [3.8, 4) is 5.69 Å². The van der Waals surface area contributed by atoms with E-state index in [0.29, 0.717) is 0 Å². The Bertz CT molecular complexity index is 3160. The van der Waals surface area contributed by atoms with Crippen molar-refractivity contribution >= 4 is 67.7 Å². The van der Waals surface area contributed by atoms with Crippen molar-refractivity contribution in [2.75, 3.05) is 9.80 Å². The minimum absolute atomic E-state index is 0.0706. The van der Waals surface area contributed by atoms with E-state index < -0.39 is 0 Å². The van der Waals surface area contributed by atoms with Gasteiger partial charge >= 0.3 is 0 Å². The molecule has 2 aliphatic carbocycles. The minimum atomic E-state index is -0.294. The van der Waals surface area contributed by atoms with Crippen molar-refractivity contribution in [3.05, 3.63) is 179 Å². The fraction of sp³-hybridized carbons (Fsp3) is 0.236. The highest BCUT2D eigenvalue weighted by atomic mass is 15.3. The summed E-state index contributed by atoms with van der Waals surface area (Å²) in [5, 5.41) is 2.68. The summed E-state index contributed by atoms with van der Waals surface area (Å²) in [5.41, 5.74) is 20.6. The second kappa shape index (κ2) is 10.8. The van der Waals surface area contributed by atoms with Gasteiger partial charge in [-0.25, -0.2) is 0 Å². The lowest BCUT2D eigenvalue weighted by atomic mass is 9.33. The summed E-state index contributed by atoms with van der Waals surface area (Å²) in [6.07, 6.45) is 6.97. The molecule has 6 aliphatic rings. The van der Waals surface area contributed by atoms with Gasteiger partial charge in [-0.15, -0.1) is 0 Å². The molecule has 0 bridgehead atoms. The van der Waals surface area contributed by atoms with Crippen LogP contribution in [0.15, 0.2) is 152 Å². The summed E-state index contributed by atoms with van der Waals surface area (Å²) in [7, 11) is 0. The Hall–Kier alpha value is -6.00. The zero-order valence-corrected chi connectivity index (χ0v) is 34.1. The molecule has 4 aliphatic heterocycles. The van der Waals surface area contributed by atoms with E-state index in [1.54, 1.807) is 0 Å². The second-order valence-corrected chi connectivity index (χ2v) is 19.2. The van der Waals surface area contributed by atoms with Gasteiger partial charge in [0.1, 0.15) is 0 Å². The summed E-state index contributed by atoms with van der Waals surface area (Å²) >= 11 is 0. The van der Waals surface area contributed by atoms with Crippen LogP contribution in [0.4, 0.5) is 22.7 Å². The predicted octanol–water partition coefficient (Wildman–Crippen LogP) is 11.0. The zero-order valence-electron chi connectivity index (χ0n) is 34.1. The average molecular weight is 760 g/mol. The van der Waals surface area contributed by atoms with Crippen molar-refractivity contribution in [2.24, 2.45) is 0 Å². The number of benzene rings is 7. The molecule has 3 nitrogen and oxygen atoms in total. The van der Waals surface area contributed by atoms with Crippen LogP contribution in [-0.2, 0) is 22.8 Å². The number of aromatic nitrogens is 1.